The summed E-state index contributed by atoms with van der Waals surface area (Å²) in [5.74, 6) is 0.330. The summed E-state index contributed by atoms with van der Waals surface area (Å²) in [7, 11) is 0. The van der Waals surface area contributed by atoms with Crippen LogP contribution in [0.2, 0.25) is 10.0 Å². The van der Waals surface area contributed by atoms with E-state index in [9.17, 15) is 5.11 Å². The van der Waals surface area contributed by atoms with Gasteiger partial charge in [0.25, 0.3) is 0 Å². The van der Waals surface area contributed by atoms with Gasteiger partial charge in [0, 0.05) is 23.4 Å². The number of nitrogen functional groups attached to an aromatic ring is 1. The SMILES string of the molecule is Nc1ccccc1COc1cc(Cl)c(O)cc1Cl. The molecule has 3 nitrogen and oxygen atoms in total. The van der Waals surface area contributed by atoms with Gasteiger partial charge >= 0.3 is 0 Å². The fourth-order valence-electron chi connectivity index (χ4n) is 1.45. The highest BCUT2D eigenvalue weighted by Crippen LogP contribution is 2.35. The van der Waals surface area contributed by atoms with E-state index in [1.807, 2.05) is 18.2 Å². The number of ether oxygens (including phenoxy) is 1. The summed E-state index contributed by atoms with van der Waals surface area (Å²) in [6, 6.07) is 10.2. The molecule has 2 aromatic carbocycles. The molecule has 2 rings (SSSR count). The largest absolute Gasteiger partial charge is 0.506 e. The Morgan fingerprint density at radius 3 is 2.56 bits per heavy atom. The highest BCUT2D eigenvalue weighted by molar-refractivity contribution is 6.35. The van der Waals surface area contributed by atoms with Crippen LogP contribution in [0.1, 0.15) is 5.56 Å². The molecule has 0 saturated heterocycles. The lowest BCUT2D eigenvalue weighted by Gasteiger charge is -2.10. The molecule has 0 spiro atoms. The smallest absolute Gasteiger partial charge is 0.140 e. The van der Waals surface area contributed by atoms with Crippen LogP contribution in [0.4, 0.5) is 5.69 Å². The molecule has 0 bridgehead atoms. The molecule has 0 aliphatic carbocycles. The van der Waals surface area contributed by atoms with Crippen LogP contribution in [0.15, 0.2) is 36.4 Å². The quantitative estimate of drug-likeness (QED) is 0.841. The van der Waals surface area contributed by atoms with E-state index in [4.69, 9.17) is 33.7 Å². The van der Waals surface area contributed by atoms with Crippen LogP contribution < -0.4 is 10.5 Å². The number of benzene rings is 2. The Kier molecular flexibility index (Phi) is 3.84. The van der Waals surface area contributed by atoms with E-state index in [-0.39, 0.29) is 17.4 Å². The summed E-state index contributed by atoms with van der Waals surface area (Å²) >= 11 is 11.7. The molecular formula is C13H11Cl2NO2. The minimum absolute atomic E-state index is 0.0757. The van der Waals surface area contributed by atoms with Crippen LogP contribution >= 0.6 is 23.2 Å². The molecule has 5 heteroatoms. The monoisotopic (exact) mass is 283 g/mol. The lowest BCUT2D eigenvalue weighted by Crippen LogP contribution is -2.00. The number of phenols is 1. The van der Waals surface area contributed by atoms with E-state index in [2.05, 4.69) is 0 Å². The number of halogens is 2. The van der Waals surface area contributed by atoms with Crippen molar-refractivity contribution < 1.29 is 9.84 Å². The Morgan fingerprint density at radius 2 is 1.83 bits per heavy atom. The predicted molar refractivity (Wildman–Crippen MR) is 73.3 cm³/mol. The maximum atomic E-state index is 9.36. The third kappa shape index (κ3) is 2.81. The molecule has 0 fully saturated rings. The first-order valence-corrected chi connectivity index (χ1v) is 5.97. The summed E-state index contributed by atoms with van der Waals surface area (Å²) in [4.78, 5) is 0. The van der Waals surface area contributed by atoms with Crippen molar-refractivity contribution in [3.63, 3.8) is 0 Å². The molecule has 0 aromatic heterocycles. The molecule has 0 radical (unpaired) electrons. The van der Waals surface area contributed by atoms with Gasteiger partial charge in [0.1, 0.15) is 18.1 Å². The number of para-hydroxylation sites is 1. The van der Waals surface area contributed by atoms with E-state index in [1.54, 1.807) is 6.07 Å². The van der Waals surface area contributed by atoms with Crippen molar-refractivity contribution in [1.82, 2.24) is 0 Å². The van der Waals surface area contributed by atoms with Crippen molar-refractivity contribution in [3.05, 3.63) is 52.0 Å². The number of hydrogen-bond acceptors (Lipinski definition) is 3. The topological polar surface area (TPSA) is 55.5 Å². The zero-order valence-electron chi connectivity index (χ0n) is 9.36. The Labute approximate surface area is 115 Å². The first-order valence-electron chi connectivity index (χ1n) is 5.22. The van der Waals surface area contributed by atoms with Crippen LogP contribution in [-0.4, -0.2) is 5.11 Å². The van der Waals surface area contributed by atoms with Gasteiger partial charge < -0.3 is 15.6 Å². The second-order valence-electron chi connectivity index (χ2n) is 3.72. The predicted octanol–water partition coefficient (Wildman–Crippen LogP) is 3.86. The van der Waals surface area contributed by atoms with Gasteiger partial charge in [-0.1, -0.05) is 41.4 Å². The molecule has 0 aliphatic heterocycles. The first-order chi connectivity index (χ1) is 8.58. The van der Waals surface area contributed by atoms with Gasteiger partial charge in [-0.3, -0.25) is 0 Å². The summed E-state index contributed by atoms with van der Waals surface area (Å²) in [6.07, 6.45) is 0. The average Bonchev–Trinajstić information content (AvgIpc) is 2.34. The minimum atomic E-state index is -0.0757. The molecule has 0 amide bonds. The minimum Gasteiger partial charge on any atom is -0.506 e. The lowest BCUT2D eigenvalue weighted by molar-refractivity contribution is 0.306. The third-order valence-corrected chi connectivity index (χ3v) is 3.04. The van der Waals surface area contributed by atoms with Crippen molar-refractivity contribution in [2.45, 2.75) is 6.61 Å². The van der Waals surface area contributed by atoms with E-state index < -0.39 is 0 Å². The molecule has 0 saturated carbocycles. The molecule has 0 unspecified atom stereocenters. The van der Waals surface area contributed by atoms with E-state index in [0.717, 1.165) is 5.56 Å². The van der Waals surface area contributed by atoms with E-state index in [0.29, 0.717) is 16.5 Å². The van der Waals surface area contributed by atoms with Gasteiger partial charge in [-0.05, 0) is 6.07 Å². The van der Waals surface area contributed by atoms with Crippen LogP contribution in [0.25, 0.3) is 0 Å². The zero-order valence-corrected chi connectivity index (χ0v) is 10.9. The second kappa shape index (κ2) is 5.38. The van der Waals surface area contributed by atoms with Crippen molar-refractivity contribution >= 4 is 28.9 Å². The molecule has 0 heterocycles. The van der Waals surface area contributed by atoms with Gasteiger partial charge in [-0.2, -0.15) is 0 Å². The Balaban J connectivity index is 2.16. The van der Waals surface area contributed by atoms with Gasteiger partial charge in [0.2, 0.25) is 0 Å². The van der Waals surface area contributed by atoms with Crippen LogP contribution in [0.5, 0.6) is 11.5 Å². The summed E-state index contributed by atoms with van der Waals surface area (Å²) < 4.78 is 5.53. The number of rotatable bonds is 3. The van der Waals surface area contributed by atoms with Gasteiger partial charge in [0.15, 0.2) is 0 Å². The average molecular weight is 284 g/mol. The van der Waals surface area contributed by atoms with E-state index in [1.165, 1.54) is 12.1 Å². The van der Waals surface area contributed by atoms with Crippen molar-refractivity contribution in [2.24, 2.45) is 0 Å². The zero-order chi connectivity index (χ0) is 13.1. The fourth-order valence-corrected chi connectivity index (χ4v) is 1.82. The summed E-state index contributed by atoms with van der Waals surface area (Å²) in [6.45, 7) is 0.285. The summed E-state index contributed by atoms with van der Waals surface area (Å²) in [5.41, 5.74) is 7.31. The lowest BCUT2D eigenvalue weighted by atomic mass is 10.2. The van der Waals surface area contributed by atoms with Gasteiger partial charge in [-0.15, -0.1) is 0 Å². The Bertz CT molecular complexity index is 573. The molecule has 3 N–H and O–H groups in total. The number of hydrogen-bond donors (Lipinski definition) is 2. The van der Waals surface area contributed by atoms with Crippen LogP contribution in [-0.2, 0) is 6.61 Å². The van der Waals surface area contributed by atoms with Crippen LogP contribution in [0, 0.1) is 0 Å². The number of phenolic OH excluding ortho intramolecular Hbond substituents is 1. The molecule has 0 atom stereocenters. The maximum absolute atomic E-state index is 9.36. The maximum Gasteiger partial charge on any atom is 0.140 e. The van der Waals surface area contributed by atoms with Crippen molar-refractivity contribution in [1.29, 1.82) is 0 Å². The molecule has 94 valence electrons. The molecule has 0 aliphatic rings. The Hall–Kier alpha value is -1.58. The number of anilines is 1. The standard InChI is InChI=1S/C13H11Cl2NO2/c14-9-6-13(10(15)5-12(9)17)18-7-8-3-1-2-4-11(8)16/h1-6,17H,7,16H2. The fraction of sp³-hybridized carbons (Fsp3) is 0.0769. The van der Waals surface area contributed by atoms with Gasteiger partial charge in [0.05, 0.1) is 10.0 Å². The highest BCUT2D eigenvalue weighted by atomic mass is 35.5. The molecule has 18 heavy (non-hydrogen) atoms. The second-order valence-corrected chi connectivity index (χ2v) is 4.54. The van der Waals surface area contributed by atoms with Crippen LogP contribution in [0.3, 0.4) is 0 Å². The Morgan fingerprint density at radius 1 is 1.11 bits per heavy atom. The van der Waals surface area contributed by atoms with Gasteiger partial charge in [-0.25, -0.2) is 0 Å². The van der Waals surface area contributed by atoms with Crippen molar-refractivity contribution in [2.75, 3.05) is 5.73 Å². The summed E-state index contributed by atoms with van der Waals surface area (Å²) in [5, 5.41) is 9.85. The third-order valence-electron chi connectivity index (χ3n) is 2.44. The normalized spacial score (nSPS) is 10.3. The number of nitrogens with two attached hydrogens (primary N) is 1. The highest BCUT2D eigenvalue weighted by Gasteiger charge is 2.08. The first kappa shape index (κ1) is 12.9. The van der Waals surface area contributed by atoms with Crippen molar-refractivity contribution in [3.8, 4) is 11.5 Å². The molecule has 2 aromatic rings. The van der Waals surface area contributed by atoms with E-state index >= 15 is 0 Å². The molecular weight excluding hydrogens is 273 g/mol. The number of aromatic hydroxyl groups is 1.